The number of halogens is 1. The number of carbonyl (C=O) groups excluding carboxylic acids is 2. The number of aromatic nitrogens is 1. The number of ether oxygens (including phenoxy) is 2. The Labute approximate surface area is 235 Å². The number of fused-ring (bicyclic) bond motifs is 1. The van der Waals surface area contributed by atoms with Crippen LogP contribution in [0.5, 0.6) is 11.5 Å². The molecule has 5 rings (SSSR count). The predicted molar refractivity (Wildman–Crippen MR) is 150 cm³/mol. The van der Waals surface area contributed by atoms with Crippen LogP contribution in [0.4, 0.5) is 10.1 Å². The Morgan fingerprint density at radius 3 is 2.46 bits per heavy atom. The molecule has 41 heavy (non-hydrogen) atoms. The number of oxime groups is 1. The van der Waals surface area contributed by atoms with E-state index in [9.17, 15) is 14.0 Å². The zero-order valence-electron chi connectivity index (χ0n) is 23.0. The van der Waals surface area contributed by atoms with Crippen molar-refractivity contribution in [1.29, 1.82) is 0 Å². The lowest BCUT2D eigenvalue weighted by Gasteiger charge is -2.28. The molecule has 210 valence electrons. The molecule has 1 aromatic heterocycles. The number of hydrogen-bond acceptors (Lipinski definition) is 8. The molecular formula is C31H28FN3O6. The van der Waals surface area contributed by atoms with E-state index >= 15 is 0 Å². The maximum Gasteiger partial charge on any atom is 0.365 e. The van der Waals surface area contributed by atoms with Crippen LogP contribution in [0.3, 0.4) is 0 Å². The molecule has 1 aliphatic carbocycles. The largest absolute Gasteiger partial charge is 0.493 e. The average Bonchev–Trinajstić information content (AvgIpc) is 3.38. The third-order valence-corrected chi connectivity index (χ3v) is 6.67. The molecule has 4 aromatic rings. The SMILES string of the molecule is COc1ccc(-c2onc3c2/C(=N/OC(=O)c2cccc(NC(=O)c4cccc(F)c4)c2)CC(C)(C)C3)cc1OC. The van der Waals surface area contributed by atoms with Gasteiger partial charge < -0.3 is 24.2 Å². The molecule has 1 heterocycles. The first-order chi connectivity index (χ1) is 19.7. The molecule has 0 fully saturated rings. The zero-order chi connectivity index (χ0) is 29.1. The number of benzene rings is 3. The van der Waals surface area contributed by atoms with E-state index in [2.05, 4.69) is 29.5 Å². The fourth-order valence-corrected chi connectivity index (χ4v) is 4.76. The van der Waals surface area contributed by atoms with E-state index < -0.39 is 17.7 Å². The zero-order valence-corrected chi connectivity index (χ0v) is 23.0. The third-order valence-electron chi connectivity index (χ3n) is 6.67. The van der Waals surface area contributed by atoms with Crippen LogP contribution in [0.2, 0.25) is 0 Å². The summed E-state index contributed by atoms with van der Waals surface area (Å²) in [5, 5.41) is 11.2. The second-order valence-corrected chi connectivity index (χ2v) is 10.4. The molecule has 3 aromatic carbocycles. The van der Waals surface area contributed by atoms with Crippen molar-refractivity contribution in [2.45, 2.75) is 26.7 Å². The van der Waals surface area contributed by atoms with Crippen molar-refractivity contribution in [3.63, 3.8) is 0 Å². The van der Waals surface area contributed by atoms with Gasteiger partial charge in [0.05, 0.1) is 36.8 Å². The van der Waals surface area contributed by atoms with Gasteiger partial charge in [-0.3, -0.25) is 4.79 Å². The van der Waals surface area contributed by atoms with E-state index in [1.54, 1.807) is 44.6 Å². The van der Waals surface area contributed by atoms with Gasteiger partial charge in [-0.15, -0.1) is 0 Å². The van der Waals surface area contributed by atoms with Crippen molar-refractivity contribution < 1.29 is 32.8 Å². The summed E-state index contributed by atoms with van der Waals surface area (Å²) in [6, 6.07) is 16.9. The van der Waals surface area contributed by atoms with Crippen LogP contribution >= 0.6 is 0 Å². The van der Waals surface area contributed by atoms with Gasteiger partial charge in [-0.05, 0) is 72.9 Å². The quantitative estimate of drug-likeness (QED) is 0.210. The topological polar surface area (TPSA) is 112 Å². The van der Waals surface area contributed by atoms with E-state index in [-0.39, 0.29) is 16.5 Å². The van der Waals surface area contributed by atoms with Crippen LogP contribution in [0.25, 0.3) is 11.3 Å². The van der Waals surface area contributed by atoms with Crippen LogP contribution in [0.1, 0.15) is 52.2 Å². The van der Waals surface area contributed by atoms with E-state index in [4.69, 9.17) is 18.8 Å². The highest BCUT2D eigenvalue weighted by atomic mass is 19.1. The van der Waals surface area contributed by atoms with Crippen LogP contribution < -0.4 is 14.8 Å². The third kappa shape index (κ3) is 5.96. The van der Waals surface area contributed by atoms with Gasteiger partial charge in [-0.25, -0.2) is 9.18 Å². The van der Waals surface area contributed by atoms with Gasteiger partial charge >= 0.3 is 5.97 Å². The smallest absolute Gasteiger partial charge is 0.365 e. The number of carbonyl (C=O) groups is 2. The van der Waals surface area contributed by atoms with Gasteiger partial charge in [0.15, 0.2) is 17.3 Å². The van der Waals surface area contributed by atoms with Gasteiger partial charge in [0.2, 0.25) is 0 Å². The monoisotopic (exact) mass is 557 g/mol. The Morgan fingerprint density at radius 1 is 0.951 bits per heavy atom. The average molecular weight is 558 g/mol. The normalized spacial score (nSPS) is 14.7. The summed E-state index contributed by atoms with van der Waals surface area (Å²) in [7, 11) is 3.11. The van der Waals surface area contributed by atoms with Gasteiger partial charge in [0, 0.05) is 16.8 Å². The molecule has 0 unspecified atom stereocenters. The highest BCUT2D eigenvalue weighted by Gasteiger charge is 2.36. The molecule has 1 amide bonds. The summed E-state index contributed by atoms with van der Waals surface area (Å²) in [5.41, 5.74) is 3.07. The molecule has 0 radical (unpaired) electrons. The summed E-state index contributed by atoms with van der Waals surface area (Å²) < 4.78 is 30.0. The standard InChI is InChI=1S/C31H28FN3O6/c1-31(2)16-23-27(28(40-34-23)18-11-12-25(38-3)26(15-18)39-4)24(17-31)35-41-30(37)20-8-6-10-22(14-20)33-29(36)19-7-5-9-21(32)13-19/h5-15H,16-17H2,1-4H3,(H,33,36)/b35-24+. The Bertz CT molecular complexity index is 1660. The first-order valence-electron chi connectivity index (χ1n) is 12.8. The Hall–Kier alpha value is -4.99. The summed E-state index contributed by atoms with van der Waals surface area (Å²) in [6.45, 7) is 4.14. The highest BCUT2D eigenvalue weighted by molar-refractivity contribution is 6.07. The number of methoxy groups -OCH3 is 2. The van der Waals surface area contributed by atoms with Crippen LogP contribution in [0.15, 0.2) is 76.4 Å². The molecule has 10 heteroatoms. The highest BCUT2D eigenvalue weighted by Crippen LogP contribution is 2.41. The van der Waals surface area contributed by atoms with E-state index in [0.717, 1.165) is 6.07 Å². The molecule has 0 saturated carbocycles. The molecule has 0 aliphatic heterocycles. The fourth-order valence-electron chi connectivity index (χ4n) is 4.76. The minimum atomic E-state index is -0.714. The van der Waals surface area contributed by atoms with Crippen molar-refractivity contribution in [2.75, 3.05) is 19.5 Å². The molecule has 0 saturated heterocycles. The summed E-state index contributed by atoms with van der Waals surface area (Å²) in [5.74, 6) is -0.169. The lowest BCUT2D eigenvalue weighted by molar-refractivity contribution is 0.0513. The minimum Gasteiger partial charge on any atom is -0.493 e. The fraction of sp³-hybridized carbons (Fsp3) is 0.226. The molecular weight excluding hydrogens is 529 g/mol. The Morgan fingerprint density at radius 2 is 1.71 bits per heavy atom. The second-order valence-electron chi connectivity index (χ2n) is 10.4. The molecule has 1 N–H and O–H groups in total. The molecule has 1 aliphatic rings. The molecule has 9 nitrogen and oxygen atoms in total. The van der Waals surface area contributed by atoms with Crippen molar-refractivity contribution in [3.05, 3.63) is 94.9 Å². The van der Waals surface area contributed by atoms with Gasteiger partial charge in [-0.2, -0.15) is 0 Å². The van der Waals surface area contributed by atoms with Crippen LogP contribution in [0, 0.1) is 11.2 Å². The second kappa shape index (κ2) is 11.2. The van der Waals surface area contributed by atoms with Crippen molar-refractivity contribution in [3.8, 4) is 22.8 Å². The first-order valence-corrected chi connectivity index (χ1v) is 12.8. The van der Waals surface area contributed by atoms with E-state index in [0.29, 0.717) is 58.3 Å². The van der Waals surface area contributed by atoms with Crippen molar-refractivity contribution in [2.24, 2.45) is 10.6 Å². The van der Waals surface area contributed by atoms with Crippen LogP contribution in [-0.4, -0.2) is 37.0 Å². The number of hydrogen-bond donors (Lipinski definition) is 1. The Kier molecular flexibility index (Phi) is 7.56. The Balaban J connectivity index is 1.40. The van der Waals surface area contributed by atoms with Crippen LogP contribution in [-0.2, 0) is 11.3 Å². The number of nitrogens with one attached hydrogen (secondary N) is 1. The first kappa shape index (κ1) is 27.6. The van der Waals surface area contributed by atoms with Gasteiger partial charge in [-0.1, -0.05) is 36.3 Å². The number of anilines is 1. The molecule has 0 bridgehead atoms. The minimum absolute atomic E-state index is 0.152. The number of nitrogens with zero attached hydrogens (tertiary/aromatic N) is 2. The van der Waals surface area contributed by atoms with E-state index in [1.165, 1.54) is 24.3 Å². The maximum absolute atomic E-state index is 13.5. The van der Waals surface area contributed by atoms with E-state index in [1.807, 2.05) is 6.07 Å². The summed E-state index contributed by atoms with van der Waals surface area (Å²) in [4.78, 5) is 30.9. The predicted octanol–water partition coefficient (Wildman–Crippen LogP) is 6.28. The molecule has 0 spiro atoms. The van der Waals surface area contributed by atoms with Gasteiger partial charge in [0.25, 0.3) is 5.91 Å². The lowest BCUT2D eigenvalue weighted by atomic mass is 9.75. The van der Waals surface area contributed by atoms with Gasteiger partial charge in [0.1, 0.15) is 5.82 Å². The van der Waals surface area contributed by atoms with Crippen molar-refractivity contribution in [1.82, 2.24) is 5.16 Å². The lowest BCUT2D eigenvalue weighted by Crippen LogP contribution is -2.27. The maximum atomic E-state index is 13.5. The number of amides is 1. The summed E-state index contributed by atoms with van der Waals surface area (Å²) in [6.07, 6.45) is 1.16. The van der Waals surface area contributed by atoms with Crippen molar-refractivity contribution >= 4 is 23.3 Å². The number of rotatable bonds is 7. The molecule has 0 atom stereocenters. The summed E-state index contributed by atoms with van der Waals surface area (Å²) >= 11 is 0.